The van der Waals surface area contributed by atoms with Crippen molar-refractivity contribution in [2.75, 3.05) is 10.6 Å². The molecule has 0 saturated heterocycles. The van der Waals surface area contributed by atoms with E-state index in [-0.39, 0.29) is 0 Å². The van der Waals surface area contributed by atoms with Gasteiger partial charge in [0.2, 0.25) is 0 Å². The van der Waals surface area contributed by atoms with Crippen molar-refractivity contribution >= 4 is 37.7 Å². The molecule has 14 heavy (non-hydrogen) atoms. The molecular weight excluding hydrogens is 308 g/mol. The van der Waals surface area contributed by atoms with Crippen LogP contribution in [0.3, 0.4) is 0 Å². The van der Waals surface area contributed by atoms with Crippen LogP contribution in [0.4, 0.5) is 5.82 Å². The van der Waals surface area contributed by atoms with Crippen LogP contribution in [-0.4, -0.2) is 16.4 Å². The molecule has 0 amide bonds. The Labute approximate surface area is 102 Å². The van der Waals surface area contributed by atoms with Gasteiger partial charge in [0.05, 0.1) is 4.47 Å². The third-order valence-corrected chi connectivity index (χ3v) is 3.88. The fraction of sp³-hybridized carbons (Fsp3) is 0.500. The van der Waals surface area contributed by atoms with E-state index in [9.17, 15) is 0 Å². The number of pyridine rings is 1. The lowest BCUT2D eigenvalue weighted by Crippen LogP contribution is -2.25. The van der Waals surface area contributed by atoms with Gasteiger partial charge in [0.1, 0.15) is 5.82 Å². The average Bonchev–Trinajstić information content (AvgIpc) is 2.20. The van der Waals surface area contributed by atoms with E-state index in [0.29, 0.717) is 12.0 Å². The molecule has 1 aromatic heterocycles. The molecule has 4 heteroatoms. The lowest BCUT2D eigenvalue weighted by Gasteiger charge is -2.20. The summed E-state index contributed by atoms with van der Waals surface area (Å²) in [6, 6.07) is 4.30. The second-order valence-corrected chi connectivity index (χ2v) is 4.90. The van der Waals surface area contributed by atoms with E-state index in [4.69, 9.17) is 0 Å². The smallest absolute Gasteiger partial charge is 0.140 e. The van der Waals surface area contributed by atoms with Crippen molar-refractivity contribution in [3.05, 3.63) is 22.8 Å². The van der Waals surface area contributed by atoms with Gasteiger partial charge in [0.15, 0.2) is 0 Å². The molecule has 0 spiro atoms. The summed E-state index contributed by atoms with van der Waals surface area (Å²) in [5, 5.41) is 4.36. The van der Waals surface area contributed by atoms with Crippen molar-refractivity contribution in [1.82, 2.24) is 4.98 Å². The van der Waals surface area contributed by atoms with Gasteiger partial charge in [-0.15, -0.1) is 0 Å². The van der Waals surface area contributed by atoms with Gasteiger partial charge in [-0.3, -0.25) is 0 Å². The zero-order valence-corrected chi connectivity index (χ0v) is 11.5. The highest BCUT2D eigenvalue weighted by molar-refractivity contribution is 9.10. The minimum Gasteiger partial charge on any atom is -0.366 e. The zero-order chi connectivity index (χ0) is 10.6. The van der Waals surface area contributed by atoms with Crippen LogP contribution in [0.1, 0.15) is 13.8 Å². The maximum Gasteiger partial charge on any atom is 0.140 e. The van der Waals surface area contributed by atoms with Crippen molar-refractivity contribution in [3.8, 4) is 0 Å². The van der Waals surface area contributed by atoms with Crippen LogP contribution in [0.25, 0.3) is 0 Å². The lowest BCUT2D eigenvalue weighted by atomic mass is 10.1. The Morgan fingerprint density at radius 3 is 2.79 bits per heavy atom. The summed E-state index contributed by atoms with van der Waals surface area (Å²) in [5.41, 5.74) is 0. The number of halogens is 2. The highest BCUT2D eigenvalue weighted by atomic mass is 79.9. The van der Waals surface area contributed by atoms with Gasteiger partial charge in [-0.2, -0.15) is 0 Å². The van der Waals surface area contributed by atoms with E-state index in [1.165, 1.54) is 0 Å². The van der Waals surface area contributed by atoms with Crippen molar-refractivity contribution in [3.63, 3.8) is 0 Å². The number of alkyl halides is 1. The fourth-order valence-electron chi connectivity index (χ4n) is 0.983. The summed E-state index contributed by atoms with van der Waals surface area (Å²) >= 11 is 6.93. The molecule has 1 heterocycles. The normalized spacial score (nSPS) is 14.9. The number of hydrogen-bond acceptors (Lipinski definition) is 2. The molecule has 1 aromatic rings. The number of aromatic nitrogens is 1. The van der Waals surface area contributed by atoms with Crippen molar-refractivity contribution in [2.45, 2.75) is 19.9 Å². The van der Waals surface area contributed by atoms with Gasteiger partial charge in [-0.1, -0.05) is 22.9 Å². The lowest BCUT2D eigenvalue weighted by molar-refractivity contribution is 0.570. The Morgan fingerprint density at radius 2 is 2.21 bits per heavy atom. The summed E-state index contributed by atoms with van der Waals surface area (Å²) in [6.07, 6.45) is 1.79. The highest BCUT2D eigenvalue weighted by Gasteiger charge is 2.11. The SMILES string of the molecule is CC(CBr)C(C)Nc1ncccc1Br. The molecule has 2 atom stereocenters. The minimum atomic E-state index is 0.403. The standard InChI is InChI=1S/C10H14Br2N2/c1-7(6-11)8(2)14-10-9(12)4-3-5-13-10/h3-5,7-8H,6H2,1-2H3,(H,13,14). The predicted molar refractivity (Wildman–Crippen MR) is 68.0 cm³/mol. The van der Waals surface area contributed by atoms with E-state index < -0.39 is 0 Å². The van der Waals surface area contributed by atoms with Crippen LogP contribution in [0.5, 0.6) is 0 Å². The van der Waals surface area contributed by atoms with Crippen molar-refractivity contribution < 1.29 is 0 Å². The Balaban J connectivity index is 2.64. The maximum absolute atomic E-state index is 4.26. The second kappa shape index (κ2) is 5.71. The number of nitrogens with zero attached hydrogens (tertiary/aromatic N) is 1. The highest BCUT2D eigenvalue weighted by Crippen LogP contribution is 2.20. The van der Waals surface area contributed by atoms with Crippen LogP contribution < -0.4 is 5.32 Å². The molecule has 2 nitrogen and oxygen atoms in total. The molecule has 0 aliphatic rings. The first kappa shape index (κ1) is 12.0. The second-order valence-electron chi connectivity index (χ2n) is 3.40. The number of anilines is 1. The van der Waals surface area contributed by atoms with E-state index in [1.54, 1.807) is 6.20 Å². The molecule has 78 valence electrons. The molecule has 0 aromatic carbocycles. The average molecular weight is 322 g/mol. The predicted octanol–water partition coefficient (Wildman–Crippen LogP) is 3.68. The third-order valence-electron chi connectivity index (χ3n) is 2.22. The molecule has 0 aliphatic carbocycles. The van der Waals surface area contributed by atoms with Gasteiger partial charge in [0.25, 0.3) is 0 Å². The van der Waals surface area contributed by atoms with Crippen LogP contribution in [0, 0.1) is 5.92 Å². The largest absolute Gasteiger partial charge is 0.366 e. The number of rotatable bonds is 4. The summed E-state index contributed by atoms with van der Waals surface area (Å²) in [6.45, 7) is 4.36. The van der Waals surface area contributed by atoms with Gasteiger partial charge in [-0.05, 0) is 40.9 Å². The molecule has 2 unspecified atom stereocenters. The molecule has 0 fully saturated rings. The molecule has 0 bridgehead atoms. The molecular formula is C10H14Br2N2. The third kappa shape index (κ3) is 3.24. The zero-order valence-electron chi connectivity index (χ0n) is 8.30. The summed E-state index contributed by atoms with van der Waals surface area (Å²) in [4.78, 5) is 4.26. The Morgan fingerprint density at radius 1 is 1.50 bits per heavy atom. The monoisotopic (exact) mass is 320 g/mol. The van der Waals surface area contributed by atoms with E-state index >= 15 is 0 Å². The molecule has 0 radical (unpaired) electrons. The topological polar surface area (TPSA) is 24.9 Å². The van der Waals surface area contributed by atoms with Crippen molar-refractivity contribution in [1.29, 1.82) is 0 Å². The summed E-state index contributed by atoms with van der Waals surface area (Å²) in [7, 11) is 0. The van der Waals surface area contributed by atoms with E-state index in [0.717, 1.165) is 15.6 Å². The number of nitrogens with one attached hydrogen (secondary N) is 1. The molecule has 0 aliphatic heterocycles. The Bertz CT molecular complexity index is 291. The number of hydrogen-bond donors (Lipinski definition) is 1. The molecule has 0 saturated carbocycles. The quantitative estimate of drug-likeness (QED) is 0.856. The molecule has 1 rings (SSSR count). The summed E-state index contributed by atoms with van der Waals surface area (Å²) in [5.74, 6) is 1.48. The van der Waals surface area contributed by atoms with Crippen LogP contribution >= 0.6 is 31.9 Å². The van der Waals surface area contributed by atoms with Gasteiger partial charge >= 0.3 is 0 Å². The minimum absolute atomic E-state index is 0.403. The fourth-order valence-corrected chi connectivity index (χ4v) is 1.91. The Hall–Kier alpha value is -0.0900. The van der Waals surface area contributed by atoms with E-state index in [2.05, 4.69) is 56.0 Å². The van der Waals surface area contributed by atoms with Crippen LogP contribution in [-0.2, 0) is 0 Å². The Kier molecular flexibility index (Phi) is 4.89. The summed E-state index contributed by atoms with van der Waals surface area (Å²) < 4.78 is 1.01. The van der Waals surface area contributed by atoms with Crippen molar-refractivity contribution in [2.24, 2.45) is 5.92 Å². The maximum atomic E-state index is 4.26. The van der Waals surface area contributed by atoms with Crippen LogP contribution in [0.15, 0.2) is 22.8 Å². The molecule has 1 N–H and O–H groups in total. The van der Waals surface area contributed by atoms with E-state index in [1.807, 2.05) is 12.1 Å². The first-order valence-corrected chi connectivity index (χ1v) is 6.49. The van der Waals surface area contributed by atoms with Gasteiger partial charge in [0, 0.05) is 17.6 Å². The van der Waals surface area contributed by atoms with Gasteiger partial charge < -0.3 is 5.32 Å². The van der Waals surface area contributed by atoms with Crippen LogP contribution in [0.2, 0.25) is 0 Å². The first-order chi connectivity index (χ1) is 6.65. The first-order valence-electron chi connectivity index (χ1n) is 4.58. The van der Waals surface area contributed by atoms with Gasteiger partial charge in [-0.25, -0.2) is 4.98 Å².